The highest BCUT2D eigenvalue weighted by Crippen LogP contribution is 2.34. The highest BCUT2D eigenvalue weighted by atomic mass is 32.2. The fourth-order valence-electron chi connectivity index (χ4n) is 3.00. The maximum Gasteiger partial charge on any atom is 0.321 e. The first kappa shape index (κ1) is 17.6. The molecule has 0 radical (unpaired) electrons. The van der Waals surface area contributed by atoms with Crippen LogP contribution in [0.2, 0.25) is 0 Å². The van der Waals surface area contributed by atoms with Crippen LogP contribution < -0.4 is 10.1 Å². The lowest BCUT2D eigenvalue weighted by atomic mass is 10.1. The van der Waals surface area contributed by atoms with Crippen LogP contribution in [-0.4, -0.2) is 22.9 Å². The van der Waals surface area contributed by atoms with E-state index in [2.05, 4.69) is 17.4 Å². The number of aliphatic carboxylic acids is 1. The SMILES string of the molecule is O=C(O)C1CSC(c2ccc(Oc3ccc(-c4ccccc4)cc3)cc2)N1. The molecule has 0 saturated carbocycles. The lowest BCUT2D eigenvalue weighted by molar-refractivity contribution is -0.138. The van der Waals surface area contributed by atoms with Gasteiger partial charge in [-0.25, -0.2) is 0 Å². The molecule has 4 rings (SSSR count). The zero-order valence-corrected chi connectivity index (χ0v) is 15.4. The van der Waals surface area contributed by atoms with Crippen molar-refractivity contribution in [3.63, 3.8) is 0 Å². The zero-order chi connectivity index (χ0) is 18.6. The molecule has 0 aromatic heterocycles. The van der Waals surface area contributed by atoms with Crippen LogP contribution in [0.25, 0.3) is 11.1 Å². The second kappa shape index (κ2) is 7.86. The largest absolute Gasteiger partial charge is 0.480 e. The molecule has 2 unspecified atom stereocenters. The lowest BCUT2D eigenvalue weighted by Gasteiger charge is -2.12. The minimum Gasteiger partial charge on any atom is -0.480 e. The maximum atomic E-state index is 11.1. The van der Waals surface area contributed by atoms with Gasteiger partial charge in [0.1, 0.15) is 17.5 Å². The molecule has 1 aliphatic rings. The fourth-order valence-corrected chi connectivity index (χ4v) is 4.23. The van der Waals surface area contributed by atoms with Crippen molar-refractivity contribution in [3.8, 4) is 22.6 Å². The first-order valence-electron chi connectivity index (χ1n) is 8.73. The Hall–Kier alpha value is -2.76. The van der Waals surface area contributed by atoms with Gasteiger partial charge in [0.2, 0.25) is 0 Å². The minimum atomic E-state index is -0.802. The lowest BCUT2D eigenvalue weighted by Crippen LogP contribution is -2.33. The van der Waals surface area contributed by atoms with E-state index in [1.54, 1.807) is 11.8 Å². The molecule has 3 aromatic rings. The number of ether oxygens (including phenoxy) is 1. The van der Waals surface area contributed by atoms with Crippen molar-refractivity contribution in [2.24, 2.45) is 0 Å². The monoisotopic (exact) mass is 377 g/mol. The van der Waals surface area contributed by atoms with Crippen LogP contribution in [0.15, 0.2) is 78.9 Å². The molecule has 1 aliphatic heterocycles. The molecule has 0 amide bonds. The van der Waals surface area contributed by atoms with Crippen molar-refractivity contribution >= 4 is 17.7 Å². The van der Waals surface area contributed by atoms with Crippen LogP contribution >= 0.6 is 11.8 Å². The van der Waals surface area contributed by atoms with Gasteiger partial charge in [-0.1, -0.05) is 54.6 Å². The second-order valence-corrected chi connectivity index (χ2v) is 7.47. The van der Waals surface area contributed by atoms with Crippen molar-refractivity contribution in [3.05, 3.63) is 84.4 Å². The van der Waals surface area contributed by atoms with Crippen LogP contribution in [0.4, 0.5) is 0 Å². The summed E-state index contributed by atoms with van der Waals surface area (Å²) in [7, 11) is 0. The molecule has 1 fully saturated rings. The summed E-state index contributed by atoms with van der Waals surface area (Å²) in [4.78, 5) is 11.1. The third kappa shape index (κ3) is 4.15. The van der Waals surface area contributed by atoms with Gasteiger partial charge in [-0.3, -0.25) is 10.1 Å². The normalized spacial score (nSPS) is 19.0. The average molecular weight is 377 g/mol. The Balaban J connectivity index is 1.41. The second-order valence-electron chi connectivity index (χ2n) is 6.33. The van der Waals surface area contributed by atoms with Gasteiger partial charge in [0, 0.05) is 5.75 Å². The standard InChI is InChI=1S/C22H19NO3S/c24-22(25)20-14-27-21(23-20)17-8-12-19(13-9-17)26-18-10-6-16(7-11-18)15-4-2-1-3-5-15/h1-13,20-21,23H,14H2,(H,24,25). The van der Waals surface area contributed by atoms with E-state index < -0.39 is 12.0 Å². The van der Waals surface area contributed by atoms with E-state index in [9.17, 15) is 4.79 Å². The molecule has 136 valence electrons. The van der Waals surface area contributed by atoms with Gasteiger partial charge in [0.25, 0.3) is 0 Å². The molecule has 1 saturated heterocycles. The Labute approximate surface area is 162 Å². The van der Waals surface area contributed by atoms with E-state index in [0.717, 1.165) is 22.6 Å². The topological polar surface area (TPSA) is 58.6 Å². The number of carbonyl (C=O) groups is 1. The highest BCUT2D eigenvalue weighted by molar-refractivity contribution is 7.99. The summed E-state index contributed by atoms with van der Waals surface area (Å²) >= 11 is 1.61. The molecule has 4 nitrogen and oxygen atoms in total. The van der Waals surface area contributed by atoms with Crippen molar-refractivity contribution in [1.82, 2.24) is 5.32 Å². The van der Waals surface area contributed by atoms with E-state index in [-0.39, 0.29) is 5.37 Å². The summed E-state index contributed by atoms with van der Waals surface area (Å²) in [6.45, 7) is 0. The summed E-state index contributed by atoms with van der Waals surface area (Å²) in [5.74, 6) is 1.31. The number of hydrogen-bond acceptors (Lipinski definition) is 4. The number of benzene rings is 3. The summed E-state index contributed by atoms with van der Waals surface area (Å²) in [6.07, 6.45) is 0. The number of carboxylic acid groups (broad SMARTS) is 1. The number of rotatable bonds is 5. The molecule has 1 heterocycles. The highest BCUT2D eigenvalue weighted by Gasteiger charge is 2.30. The average Bonchev–Trinajstić information content (AvgIpc) is 3.20. The van der Waals surface area contributed by atoms with E-state index in [0.29, 0.717) is 5.75 Å². The molecule has 3 aromatic carbocycles. The number of carboxylic acids is 1. The minimum absolute atomic E-state index is 0.00491. The first-order chi connectivity index (χ1) is 13.2. The Morgan fingerprint density at radius 3 is 2.07 bits per heavy atom. The van der Waals surface area contributed by atoms with Crippen LogP contribution in [-0.2, 0) is 4.79 Å². The smallest absolute Gasteiger partial charge is 0.321 e. The van der Waals surface area contributed by atoms with Crippen LogP contribution in [0, 0.1) is 0 Å². The summed E-state index contributed by atoms with van der Waals surface area (Å²) in [5, 5.41) is 12.2. The van der Waals surface area contributed by atoms with E-state index in [4.69, 9.17) is 9.84 Å². The van der Waals surface area contributed by atoms with Gasteiger partial charge in [-0.2, -0.15) is 0 Å². The third-order valence-electron chi connectivity index (χ3n) is 4.46. The predicted octanol–water partition coefficient (Wildman–Crippen LogP) is 4.93. The molecular weight excluding hydrogens is 358 g/mol. The van der Waals surface area contributed by atoms with Gasteiger partial charge < -0.3 is 9.84 Å². The van der Waals surface area contributed by atoms with E-state index in [1.165, 1.54) is 5.56 Å². The quantitative estimate of drug-likeness (QED) is 0.660. The van der Waals surface area contributed by atoms with E-state index in [1.807, 2.05) is 66.7 Å². The van der Waals surface area contributed by atoms with Crippen LogP contribution in [0.3, 0.4) is 0 Å². The van der Waals surface area contributed by atoms with Crippen molar-refractivity contribution < 1.29 is 14.6 Å². The molecule has 0 bridgehead atoms. The first-order valence-corrected chi connectivity index (χ1v) is 9.78. The summed E-state index contributed by atoms with van der Waals surface area (Å²) < 4.78 is 5.92. The summed E-state index contributed by atoms with van der Waals surface area (Å²) in [5.41, 5.74) is 3.38. The Morgan fingerprint density at radius 1 is 0.889 bits per heavy atom. The van der Waals surface area contributed by atoms with Gasteiger partial charge >= 0.3 is 5.97 Å². The van der Waals surface area contributed by atoms with E-state index >= 15 is 0 Å². The van der Waals surface area contributed by atoms with Crippen molar-refractivity contribution in [2.45, 2.75) is 11.4 Å². The van der Waals surface area contributed by atoms with Crippen molar-refractivity contribution in [1.29, 1.82) is 0 Å². The molecule has 2 N–H and O–H groups in total. The molecule has 0 aliphatic carbocycles. The predicted molar refractivity (Wildman–Crippen MR) is 108 cm³/mol. The Morgan fingerprint density at radius 2 is 1.48 bits per heavy atom. The molecule has 5 heteroatoms. The Kier molecular flexibility index (Phi) is 5.14. The molecule has 0 spiro atoms. The number of nitrogens with one attached hydrogen (secondary N) is 1. The van der Waals surface area contributed by atoms with Crippen LogP contribution in [0.1, 0.15) is 10.9 Å². The summed E-state index contributed by atoms with van der Waals surface area (Å²) in [6, 6.07) is 25.5. The van der Waals surface area contributed by atoms with Gasteiger partial charge in [0.15, 0.2) is 0 Å². The van der Waals surface area contributed by atoms with Gasteiger partial charge in [-0.15, -0.1) is 11.8 Å². The fraction of sp³-hybridized carbons (Fsp3) is 0.136. The molecular formula is C22H19NO3S. The Bertz CT molecular complexity index is 911. The number of thioether (sulfide) groups is 1. The molecule has 2 atom stereocenters. The maximum absolute atomic E-state index is 11.1. The van der Waals surface area contributed by atoms with Crippen molar-refractivity contribution in [2.75, 3.05) is 5.75 Å². The number of hydrogen-bond donors (Lipinski definition) is 2. The zero-order valence-electron chi connectivity index (χ0n) is 14.5. The molecule has 27 heavy (non-hydrogen) atoms. The van der Waals surface area contributed by atoms with Gasteiger partial charge in [-0.05, 0) is 41.0 Å². The third-order valence-corrected chi connectivity index (χ3v) is 5.73. The van der Waals surface area contributed by atoms with Crippen LogP contribution in [0.5, 0.6) is 11.5 Å². The van der Waals surface area contributed by atoms with Gasteiger partial charge in [0.05, 0.1) is 5.37 Å².